The van der Waals surface area contributed by atoms with Crippen LogP contribution in [0.2, 0.25) is 0 Å². The fourth-order valence-electron chi connectivity index (χ4n) is 2.03. The minimum atomic E-state index is 0.675. The van der Waals surface area contributed by atoms with E-state index in [0.29, 0.717) is 11.7 Å². The van der Waals surface area contributed by atoms with Crippen molar-refractivity contribution in [3.05, 3.63) is 11.3 Å². The van der Waals surface area contributed by atoms with Gasteiger partial charge < -0.3 is 5.11 Å². The van der Waals surface area contributed by atoms with Gasteiger partial charge in [0.1, 0.15) is 0 Å². The first kappa shape index (κ1) is 8.63. The third-order valence-electron chi connectivity index (χ3n) is 2.70. The number of hydrogen-bond donors (Lipinski definition) is 1. The Morgan fingerprint density at radius 3 is 2.64 bits per heavy atom. The van der Waals surface area contributed by atoms with Crippen LogP contribution in [0.1, 0.15) is 46.0 Å². The Hall–Kier alpha value is -0.460. The third kappa shape index (κ3) is 1.76. The Bertz CT molecular complexity index is 158. The highest BCUT2D eigenvalue weighted by molar-refractivity contribution is 5.13. The largest absolute Gasteiger partial charge is 0.512 e. The predicted molar refractivity (Wildman–Crippen MR) is 47.6 cm³/mol. The van der Waals surface area contributed by atoms with Crippen LogP contribution in [-0.4, -0.2) is 5.11 Å². The molecule has 1 N–H and O–H groups in total. The van der Waals surface area contributed by atoms with Gasteiger partial charge in [0.15, 0.2) is 0 Å². The number of aliphatic hydroxyl groups excluding tert-OH is 1. The van der Waals surface area contributed by atoms with Crippen LogP contribution in [-0.2, 0) is 0 Å². The highest BCUT2D eigenvalue weighted by atomic mass is 16.3. The molecule has 1 aliphatic carbocycles. The molecule has 0 amide bonds. The maximum Gasteiger partial charge on any atom is 0.0917 e. The number of allylic oxidation sites excluding steroid dienone is 2. The van der Waals surface area contributed by atoms with Crippen molar-refractivity contribution in [3.63, 3.8) is 0 Å². The maximum absolute atomic E-state index is 9.55. The molecule has 0 aromatic rings. The molecule has 1 atom stereocenters. The lowest BCUT2D eigenvalue weighted by Crippen LogP contribution is -2.10. The molecular formula is C10H18O. The van der Waals surface area contributed by atoms with E-state index < -0.39 is 0 Å². The van der Waals surface area contributed by atoms with E-state index in [9.17, 15) is 5.11 Å². The molecule has 0 radical (unpaired) electrons. The van der Waals surface area contributed by atoms with Crippen molar-refractivity contribution in [2.75, 3.05) is 0 Å². The van der Waals surface area contributed by atoms with Crippen molar-refractivity contribution in [2.45, 2.75) is 46.0 Å². The van der Waals surface area contributed by atoms with Gasteiger partial charge in [0.25, 0.3) is 0 Å². The summed E-state index contributed by atoms with van der Waals surface area (Å²) in [6, 6.07) is 0. The van der Waals surface area contributed by atoms with Crippen molar-refractivity contribution in [1.29, 1.82) is 0 Å². The highest BCUT2D eigenvalue weighted by Gasteiger charge is 2.19. The quantitative estimate of drug-likeness (QED) is 0.646. The first-order valence-electron chi connectivity index (χ1n) is 4.70. The van der Waals surface area contributed by atoms with Crippen molar-refractivity contribution in [1.82, 2.24) is 0 Å². The van der Waals surface area contributed by atoms with E-state index in [0.717, 1.165) is 12.8 Å². The molecule has 1 rings (SSSR count). The molecule has 1 unspecified atom stereocenters. The molecule has 1 aliphatic rings. The Balaban J connectivity index is 2.73. The van der Waals surface area contributed by atoms with Gasteiger partial charge in [0.2, 0.25) is 0 Å². The van der Waals surface area contributed by atoms with Gasteiger partial charge in [-0.3, -0.25) is 0 Å². The summed E-state index contributed by atoms with van der Waals surface area (Å²) < 4.78 is 0. The first-order chi connectivity index (χ1) is 5.29. The summed E-state index contributed by atoms with van der Waals surface area (Å²) in [6.07, 6.45) is 5.59. The molecule has 0 aromatic heterocycles. The van der Waals surface area contributed by atoms with Crippen molar-refractivity contribution in [3.8, 4) is 0 Å². The summed E-state index contributed by atoms with van der Waals surface area (Å²) >= 11 is 0. The SMILES string of the molecule is CCC1=C(O)CCCC1CC. The molecule has 0 fully saturated rings. The van der Waals surface area contributed by atoms with Gasteiger partial charge in [-0.25, -0.2) is 0 Å². The molecular weight excluding hydrogens is 136 g/mol. The van der Waals surface area contributed by atoms with E-state index in [1.165, 1.54) is 24.8 Å². The fraction of sp³-hybridized carbons (Fsp3) is 0.800. The summed E-state index contributed by atoms with van der Waals surface area (Å²) in [7, 11) is 0. The van der Waals surface area contributed by atoms with Crippen LogP contribution in [0.15, 0.2) is 11.3 Å². The summed E-state index contributed by atoms with van der Waals surface area (Å²) in [5, 5.41) is 9.55. The van der Waals surface area contributed by atoms with Gasteiger partial charge in [0.05, 0.1) is 5.76 Å². The molecule has 0 bridgehead atoms. The first-order valence-corrected chi connectivity index (χ1v) is 4.70. The Morgan fingerprint density at radius 1 is 1.45 bits per heavy atom. The minimum Gasteiger partial charge on any atom is -0.512 e. The van der Waals surface area contributed by atoms with Gasteiger partial charge in [-0.05, 0) is 37.2 Å². The summed E-state index contributed by atoms with van der Waals surface area (Å²) in [6.45, 7) is 4.35. The second-order valence-electron chi connectivity index (χ2n) is 3.32. The normalized spacial score (nSPS) is 25.8. The van der Waals surface area contributed by atoms with Gasteiger partial charge in [-0.2, -0.15) is 0 Å². The Labute approximate surface area is 69.1 Å². The Kier molecular flexibility index (Phi) is 2.98. The molecule has 0 spiro atoms. The zero-order valence-corrected chi connectivity index (χ0v) is 7.56. The standard InChI is InChI=1S/C10H18O/c1-3-8-6-5-7-10(11)9(8)4-2/h8,11H,3-7H2,1-2H3. The zero-order chi connectivity index (χ0) is 8.27. The topological polar surface area (TPSA) is 20.2 Å². The Morgan fingerprint density at radius 2 is 2.18 bits per heavy atom. The summed E-state index contributed by atoms with van der Waals surface area (Å²) in [4.78, 5) is 0. The summed E-state index contributed by atoms with van der Waals surface area (Å²) in [5.41, 5.74) is 1.32. The molecule has 64 valence electrons. The lowest BCUT2D eigenvalue weighted by atomic mass is 9.83. The maximum atomic E-state index is 9.55. The lowest BCUT2D eigenvalue weighted by Gasteiger charge is -2.24. The van der Waals surface area contributed by atoms with E-state index in [2.05, 4.69) is 13.8 Å². The highest BCUT2D eigenvalue weighted by Crippen LogP contribution is 2.32. The van der Waals surface area contributed by atoms with Crippen LogP contribution >= 0.6 is 0 Å². The van der Waals surface area contributed by atoms with Crippen LogP contribution in [0.5, 0.6) is 0 Å². The fourth-order valence-corrected chi connectivity index (χ4v) is 2.03. The van der Waals surface area contributed by atoms with Crippen LogP contribution < -0.4 is 0 Å². The van der Waals surface area contributed by atoms with Gasteiger partial charge in [-0.1, -0.05) is 13.8 Å². The smallest absolute Gasteiger partial charge is 0.0917 e. The van der Waals surface area contributed by atoms with Crippen molar-refractivity contribution < 1.29 is 5.11 Å². The molecule has 0 saturated heterocycles. The lowest BCUT2D eigenvalue weighted by molar-refractivity contribution is 0.325. The number of hydrogen-bond acceptors (Lipinski definition) is 1. The monoisotopic (exact) mass is 154 g/mol. The van der Waals surface area contributed by atoms with E-state index in [1.54, 1.807) is 0 Å². The molecule has 0 aromatic carbocycles. The van der Waals surface area contributed by atoms with Crippen molar-refractivity contribution >= 4 is 0 Å². The molecule has 0 heterocycles. The van der Waals surface area contributed by atoms with Gasteiger partial charge in [0, 0.05) is 6.42 Å². The average Bonchev–Trinajstić information content (AvgIpc) is 2.04. The van der Waals surface area contributed by atoms with Crippen LogP contribution in [0.25, 0.3) is 0 Å². The van der Waals surface area contributed by atoms with Crippen LogP contribution in [0.4, 0.5) is 0 Å². The van der Waals surface area contributed by atoms with Gasteiger partial charge >= 0.3 is 0 Å². The minimum absolute atomic E-state index is 0.675. The zero-order valence-electron chi connectivity index (χ0n) is 7.56. The van der Waals surface area contributed by atoms with Crippen LogP contribution in [0, 0.1) is 5.92 Å². The molecule has 1 nitrogen and oxygen atoms in total. The second kappa shape index (κ2) is 3.80. The molecule has 0 saturated carbocycles. The van der Waals surface area contributed by atoms with E-state index in [4.69, 9.17) is 0 Å². The molecule has 1 heteroatoms. The van der Waals surface area contributed by atoms with Gasteiger partial charge in [-0.15, -0.1) is 0 Å². The average molecular weight is 154 g/mol. The predicted octanol–water partition coefficient (Wildman–Crippen LogP) is 3.42. The third-order valence-corrected chi connectivity index (χ3v) is 2.70. The molecule has 0 aliphatic heterocycles. The summed E-state index contributed by atoms with van der Waals surface area (Å²) in [5.74, 6) is 1.36. The van der Waals surface area contributed by atoms with E-state index >= 15 is 0 Å². The molecule has 11 heavy (non-hydrogen) atoms. The van der Waals surface area contributed by atoms with E-state index in [1.807, 2.05) is 0 Å². The number of aliphatic hydroxyl groups is 1. The van der Waals surface area contributed by atoms with Crippen molar-refractivity contribution in [2.24, 2.45) is 5.92 Å². The second-order valence-corrected chi connectivity index (χ2v) is 3.32. The van der Waals surface area contributed by atoms with E-state index in [-0.39, 0.29) is 0 Å². The number of rotatable bonds is 2. The van der Waals surface area contributed by atoms with Crippen LogP contribution in [0.3, 0.4) is 0 Å².